The lowest BCUT2D eigenvalue weighted by Gasteiger charge is -2.14. The highest BCUT2D eigenvalue weighted by Crippen LogP contribution is 2.22. The molecule has 120 valence electrons. The predicted molar refractivity (Wildman–Crippen MR) is 91.7 cm³/mol. The molecule has 0 radical (unpaired) electrons. The van der Waals surface area contributed by atoms with Crippen LogP contribution in [0.5, 0.6) is 5.75 Å². The van der Waals surface area contributed by atoms with Gasteiger partial charge in [-0.1, -0.05) is 0 Å². The summed E-state index contributed by atoms with van der Waals surface area (Å²) in [5.41, 5.74) is 1.43. The maximum absolute atomic E-state index is 12.5. The first-order valence-electron chi connectivity index (χ1n) is 7.32. The molecule has 2 heterocycles. The molecule has 0 aliphatic heterocycles. The summed E-state index contributed by atoms with van der Waals surface area (Å²) in [6.45, 7) is 2.96. The Bertz CT molecular complexity index is 837. The minimum Gasteiger partial charge on any atom is -0.494 e. The summed E-state index contributed by atoms with van der Waals surface area (Å²) in [5, 5.41) is 0.978. The van der Waals surface area contributed by atoms with Crippen LogP contribution >= 0.6 is 15.9 Å². The molecule has 1 aromatic carbocycles. The Balaban J connectivity index is 1.79. The zero-order chi connectivity index (χ0) is 16.4. The van der Waals surface area contributed by atoms with Crippen LogP contribution in [-0.4, -0.2) is 29.4 Å². The first kappa shape index (κ1) is 15.7. The molecule has 3 aromatic rings. The van der Waals surface area contributed by atoms with Crippen molar-refractivity contribution in [3.63, 3.8) is 0 Å². The molecule has 0 unspecified atom stereocenters. The van der Waals surface area contributed by atoms with Crippen molar-refractivity contribution >= 4 is 32.7 Å². The minimum atomic E-state index is -0.0910. The van der Waals surface area contributed by atoms with E-state index in [4.69, 9.17) is 9.15 Å². The van der Waals surface area contributed by atoms with Crippen LogP contribution in [0.3, 0.4) is 0 Å². The number of rotatable bonds is 5. The number of ether oxygens (including phenoxy) is 1. The van der Waals surface area contributed by atoms with E-state index in [1.807, 2.05) is 43.3 Å². The fraction of sp³-hybridized carbons (Fsp3) is 0.235. The van der Waals surface area contributed by atoms with Gasteiger partial charge in [0.05, 0.1) is 13.2 Å². The van der Waals surface area contributed by atoms with Gasteiger partial charge in [0.2, 0.25) is 0 Å². The number of benzene rings is 1. The van der Waals surface area contributed by atoms with E-state index >= 15 is 0 Å². The third-order valence-corrected chi connectivity index (χ3v) is 3.93. The SMILES string of the molecule is CCOc1ccc2cc(C(=O)N(C)Cc3ccc(Br)o3)[nH]c2c1. The first-order chi connectivity index (χ1) is 11.1. The topological polar surface area (TPSA) is 58.5 Å². The highest BCUT2D eigenvalue weighted by molar-refractivity contribution is 9.10. The minimum absolute atomic E-state index is 0.0910. The summed E-state index contributed by atoms with van der Waals surface area (Å²) in [7, 11) is 1.75. The molecule has 2 aromatic heterocycles. The summed E-state index contributed by atoms with van der Waals surface area (Å²) in [6.07, 6.45) is 0. The van der Waals surface area contributed by atoms with Crippen molar-refractivity contribution in [2.45, 2.75) is 13.5 Å². The highest BCUT2D eigenvalue weighted by Gasteiger charge is 2.16. The average Bonchev–Trinajstić information content (AvgIpc) is 3.12. The number of aromatic amines is 1. The Morgan fingerprint density at radius 1 is 1.30 bits per heavy atom. The van der Waals surface area contributed by atoms with Crippen molar-refractivity contribution in [3.8, 4) is 5.75 Å². The summed E-state index contributed by atoms with van der Waals surface area (Å²) in [4.78, 5) is 17.3. The molecule has 3 rings (SSSR count). The van der Waals surface area contributed by atoms with Crippen LogP contribution in [-0.2, 0) is 6.54 Å². The van der Waals surface area contributed by atoms with Crippen LogP contribution in [0, 0.1) is 0 Å². The van der Waals surface area contributed by atoms with Crippen LogP contribution in [0.2, 0.25) is 0 Å². The normalized spacial score (nSPS) is 10.9. The molecule has 1 N–H and O–H groups in total. The molecule has 0 bridgehead atoms. The molecule has 0 saturated heterocycles. The number of fused-ring (bicyclic) bond motifs is 1. The van der Waals surface area contributed by atoms with E-state index in [0.29, 0.717) is 23.5 Å². The number of carbonyl (C=O) groups is 1. The van der Waals surface area contributed by atoms with E-state index in [9.17, 15) is 4.79 Å². The zero-order valence-corrected chi connectivity index (χ0v) is 14.5. The predicted octanol–water partition coefficient (Wildman–Crippen LogP) is 4.19. The van der Waals surface area contributed by atoms with Gasteiger partial charge in [0.25, 0.3) is 5.91 Å². The van der Waals surface area contributed by atoms with Gasteiger partial charge < -0.3 is 19.0 Å². The first-order valence-corrected chi connectivity index (χ1v) is 8.11. The molecule has 6 heteroatoms. The number of nitrogens with one attached hydrogen (secondary N) is 1. The van der Waals surface area contributed by atoms with Crippen LogP contribution in [0.1, 0.15) is 23.2 Å². The molecule has 0 saturated carbocycles. The number of amides is 1. The van der Waals surface area contributed by atoms with Gasteiger partial charge in [0.15, 0.2) is 4.67 Å². The van der Waals surface area contributed by atoms with Crippen LogP contribution < -0.4 is 4.74 Å². The molecule has 0 aliphatic rings. The van der Waals surface area contributed by atoms with Crippen molar-refractivity contribution in [3.05, 3.63) is 52.5 Å². The van der Waals surface area contributed by atoms with Gasteiger partial charge in [-0.2, -0.15) is 0 Å². The zero-order valence-electron chi connectivity index (χ0n) is 12.9. The number of H-pyrrole nitrogens is 1. The molecular weight excluding hydrogens is 360 g/mol. The van der Waals surface area contributed by atoms with Gasteiger partial charge in [-0.15, -0.1) is 0 Å². The smallest absolute Gasteiger partial charge is 0.270 e. The maximum Gasteiger partial charge on any atom is 0.270 e. The van der Waals surface area contributed by atoms with Crippen molar-refractivity contribution in [2.75, 3.05) is 13.7 Å². The van der Waals surface area contributed by atoms with Crippen LogP contribution in [0.25, 0.3) is 10.9 Å². The molecule has 0 fully saturated rings. The van der Waals surface area contributed by atoms with Gasteiger partial charge in [-0.3, -0.25) is 4.79 Å². The molecule has 0 aliphatic carbocycles. The van der Waals surface area contributed by atoms with Gasteiger partial charge in [0, 0.05) is 24.0 Å². The van der Waals surface area contributed by atoms with E-state index < -0.39 is 0 Å². The third-order valence-electron chi connectivity index (χ3n) is 3.50. The number of nitrogens with zero attached hydrogens (tertiary/aromatic N) is 1. The lowest BCUT2D eigenvalue weighted by Crippen LogP contribution is -2.26. The number of hydrogen-bond donors (Lipinski definition) is 1. The monoisotopic (exact) mass is 376 g/mol. The fourth-order valence-electron chi connectivity index (χ4n) is 2.43. The summed E-state index contributed by atoms with van der Waals surface area (Å²) >= 11 is 3.26. The maximum atomic E-state index is 12.5. The second kappa shape index (κ2) is 6.50. The van der Waals surface area contributed by atoms with Crippen molar-refractivity contribution < 1.29 is 13.9 Å². The lowest BCUT2D eigenvalue weighted by atomic mass is 10.2. The third kappa shape index (κ3) is 3.42. The average molecular weight is 377 g/mol. The largest absolute Gasteiger partial charge is 0.494 e. The van der Waals surface area contributed by atoms with E-state index in [1.165, 1.54) is 0 Å². The Morgan fingerprint density at radius 3 is 2.83 bits per heavy atom. The molecule has 1 amide bonds. The highest BCUT2D eigenvalue weighted by atomic mass is 79.9. The number of carbonyl (C=O) groups excluding carboxylic acids is 1. The summed E-state index contributed by atoms with van der Waals surface area (Å²) in [5.74, 6) is 1.42. The van der Waals surface area contributed by atoms with Gasteiger partial charge >= 0.3 is 0 Å². The fourth-order valence-corrected chi connectivity index (χ4v) is 2.77. The Hall–Kier alpha value is -2.21. The molecule has 0 atom stereocenters. The molecular formula is C17H17BrN2O3. The second-order valence-corrected chi connectivity index (χ2v) is 6.01. The van der Waals surface area contributed by atoms with Crippen LogP contribution in [0.4, 0.5) is 0 Å². The Kier molecular flexibility index (Phi) is 4.43. The van der Waals surface area contributed by atoms with Gasteiger partial charge in [-0.05, 0) is 53.2 Å². The van der Waals surface area contributed by atoms with Crippen molar-refractivity contribution in [1.29, 1.82) is 0 Å². The molecule has 23 heavy (non-hydrogen) atoms. The van der Waals surface area contributed by atoms with E-state index in [0.717, 1.165) is 22.4 Å². The Morgan fingerprint density at radius 2 is 2.13 bits per heavy atom. The van der Waals surface area contributed by atoms with Crippen molar-refractivity contribution in [1.82, 2.24) is 9.88 Å². The van der Waals surface area contributed by atoms with Crippen LogP contribution in [0.15, 0.2) is 45.5 Å². The molecule has 5 nitrogen and oxygen atoms in total. The number of hydrogen-bond acceptors (Lipinski definition) is 3. The van der Waals surface area contributed by atoms with Gasteiger partial charge in [-0.25, -0.2) is 0 Å². The second-order valence-electron chi connectivity index (χ2n) is 5.23. The lowest BCUT2D eigenvalue weighted by molar-refractivity contribution is 0.0770. The molecule has 0 spiro atoms. The van der Waals surface area contributed by atoms with Crippen molar-refractivity contribution in [2.24, 2.45) is 0 Å². The standard InChI is InChI=1S/C17H17BrN2O3/c1-3-22-12-5-4-11-8-15(19-14(11)9-12)17(21)20(2)10-13-6-7-16(18)23-13/h4-9,19H,3,10H2,1-2H3. The summed E-state index contributed by atoms with van der Waals surface area (Å²) in [6, 6.07) is 11.2. The Labute approximate surface area is 142 Å². The quantitative estimate of drug-likeness (QED) is 0.725. The van der Waals surface area contributed by atoms with E-state index in [2.05, 4.69) is 20.9 Å². The van der Waals surface area contributed by atoms with E-state index in [-0.39, 0.29) is 5.91 Å². The van der Waals surface area contributed by atoms with Gasteiger partial charge in [0.1, 0.15) is 17.2 Å². The number of aromatic nitrogens is 1. The number of furan rings is 1. The van der Waals surface area contributed by atoms with E-state index in [1.54, 1.807) is 11.9 Å². The number of halogens is 1. The summed E-state index contributed by atoms with van der Waals surface area (Å²) < 4.78 is 11.6.